The summed E-state index contributed by atoms with van der Waals surface area (Å²) < 4.78 is 28.5. The van der Waals surface area contributed by atoms with Gasteiger partial charge in [-0.05, 0) is 12.1 Å². The summed E-state index contributed by atoms with van der Waals surface area (Å²) in [6.07, 6.45) is 2.79. The van der Waals surface area contributed by atoms with Gasteiger partial charge in [0.15, 0.2) is 9.84 Å². The highest BCUT2D eigenvalue weighted by Crippen LogP contribution is 2.22. The number of pyridine rings is 1. The van der Waals surface area contributed by atoms with E-state index in [1.807, 2.05) is 4.90 Å². The number of halogens is 1. The topological polar surface area (TPSA) is 59.5 Å². The summed E-state index contributed by atoms with van der Waals surface area (Å²) in [6, 6.07) is 3.20. The highest BCUT2D eigenvalue weighted by atomic mass is 79.9. The van der Waals surface area contributed by atoms with Gasteiger partial charge >= 0.3 is 0 Å². The van der Waals surface area contributed by atoms with E-state index in [1.165, 1.54) is 6.26 Å². The molecule has 0 aliphatic heterocycles. The first-order valence-electron chi connectivity index (χ1n) is 5.45. The summed E-state index contributed by atoms with van der Waals surface area (Å²) in [5, 5.41) is 0.733. The van der Waals surface area contributed by atoms with E-state index in [0.717, 1.165) is 5.33 Å². The number of anilines is 1. The third-order valence-corrected chi connectivity index (χ3v) is 3.84. The van der Waals surface area contributed by atoms with E-state index in [4.69, 9.17) is 4.74 Å². The quantitative estimate of drug-likeness (QED) is 0.703. The maximum Gasteiger partial charge on any atom is 0.179 e. The van der Waals surface area contributed by atoms with Crippen molar-refractivity contribution in [2.75, 3.05) is 43.3 Å². The smallest absolute Gasteiger partial charge is 0.179 e. The normalized spacial score (nSPS) is 11.5. The second kappa shape index (κ2) is 7.06. The van der Waals surface area contributed by atoms with Crippen LogP contribution in [0.15, 0.2) is 23.2 Å². The van der Waals surface area contributed by atoms with Gasteiger partial charge < -0.3 is 9.64 Å². The van der Waals surface area contributed by atoms with E-state index < -0.39 is 9.84 Å². The summed E-state index contributed by atoms with van der Waals surface area (Å²) in [5.74, 6) is 0.483. The van der Waals surface area contributed by atoms with Crippen molar-refractivity contribution in [1.29, 1.82) is 0 Å². The molecule has 1 aromatic heterocycles. The van der Waals surface area contributed by atoms with Gasteiger partial charge in [0.05, 0.1) is 6.61 Å². The minimum atomic E-state index is -3.28. The number of hydrogen-bond acceptors (Lipinski definition) is 5. The molecule has 0 fully saturated rings. The van der Waals surface area contributed by atoms with Crippen molar-refractivity contribution >= 4 is 31.6 Å². The predicted molar refractivity (Wildman–Crippen MR) is 75.2 cm³/mol. The number of sulfone groups is 1. The van der Waals surface area contributed by atoms with Crippen molar-refractivity contribution in [3.8, 4) is 0 Å². The monoisotopic (exact) mass is 336 g/mol. The molecule has 5 nitrogen and oxygen atoms in total. The summed E-state index contributed by atoms with van der Waals surface area (Å²) >= 11 is 3.35. The summed E-state index contributed by atoms with van der Waals surface area (Å²) in [5.41, 5.74) is 0. The predicted octanol–water partition coefficient (Wildman–Crippen LogP) is 1.33. The standard InChI is InChI=1S/C11H17BrN2O3S/c1-17-9-8-14(7-5-12)11-10(18(2,15)16)4-3-6-13-11/h3-4,6H,5,7-9H2,1-2H3. The van der Waals surface area contributed by atoms with Gasteiger partial charge in [0, 0.05) is 38.0 Å². The summed E-state index contributed by atoms with van der Waals surface area (Å²) in [7, 11) is -1.67. The molecule has 0 radical (unpaired) electrons. The molecule has 0 spiro atoms. The Bertz CT molecular complexity index is 479. The molecule has 1 rings (SSSR count). The van der Waals surface area contributed by atoms with E-state index in [1.54, 1.807) is 25.4 Å². The first-order valence-corrected chi connectivity index (χ1v) is 8.47. The molecular weight excluding hydrogens is 320 g/mol. The third-order valence-electron chi connectivity index (χ3n) is 2.37. The summed E-state index contributed by atoms with van der Waals surface area (Å²) in [6.45, 7) is 1.79. The maximum atomic E-state index is 11.7. The molecule has 102 valence electrons. The van der Waals surface area contributed by atoms with Gasteiger partial charge in [-0.2, -0.15) is 0 Å². The van der Waals surface area contributed by atoms with Crippen LogP contribution in [-0.4, -0.2) is 51.8 Å². The Morgan fingerprint density at radius 1 is 1.44 bits per heavy atom. The molecule has 0 saturated heterocycles. The van der Waals surface area contributed by atoms with Gasteiger partial charge in [-0.25, -0.2) is 13.4 Å². The molecule has 18 heavy (non-hydrogen) atoms. The number of aromatic nitrogens is 1. The van der Waals surface area contributed by atoms with Gasteiger partial charge in [-0.1, -0.05) is 15.9 Å². The molecule has 1 aromatic rings. The Balaban J connectivity index is 3.11. The lowest BCUT2D eigenvalue weighted by Crippen LogP contribution is -2.31. The molecule has 1 heterocycles. The number of nitrogens with zero attached hydrogens (tertiary/aromatic N) is 2. The Labute approximate surface area is 116 Å². The minimum Gasteiger partial charge on any atom is -0.383 e. The molecular formula is C11H17BrN2O3S. The molecule has 0 saturated carbocycles. The highest BCUT2D eigenvalue weighted by Gasteiger charge is 2.18. The Morgan fingerprint density at radius 2 is 2.17 bits per heavy atom. The van der Waals surface area contributed by atoms with Gasteiger partial charge in [0.2, 0.25) is 0 Å². The van der Waals surface area contributed by atoms with Crippen LogP contribution in [0.1, 0.15) is 0 Å². The van der Waals surface area contributed by atoms with E-state index >= 15 is 0 Å². The van der Waals surface area contributed by atoms with Crippen molar-refractivity contribution in [3.05, 3.63) is 18.3 Å². The molecule has 0 atom stereocenters. The lowest BCUT2D eigenvalue weighted by Gasteiger charge is -2.24. The molecule has 0 amide bonds. The number of ether oxygens (including phenoxy) is 1. The van der Waals surface area contributed by atoms with E-state index in [9.17, 15) is 8.42 Å². The van der Waals surface area contributed by atoms with Crippen LogP contribution in [0.5, 0.6) is 0 Å². The second-order valence-corrected chi connectivity index (χ2v) is 6.54. The van der Waals surface area contributed by atoms with Crippen LogP contribution in [-0.2, 0) is 14.6 Å². The van der Waals surface area contributed by atoms with Crippen LogP contribution in [0.25, 0.3) is 0 Å². The Hall–Kier alpha value is -0.660. The van der Waals surface area contributed by atoms with Crippen LogP contribution in [0.4, 0.5) is 5.82 Å². The van der Waals surface area contributed by atoms with Gasteiger partial charge in [-0.15, -0.1) is 0 Å². The second-order valence-electron chi connectivity index (χ2n) is 3.77. The first-order chi connectivity index (χ1) is 8.50. The van der Waals surface area contributed by atoms with E-state index in [-0.39, 0.29) is 4.90 Å². The van der Waals surface area contributed by atoms with Crippen LogP contribution < -0.4 is 4.90 Å². The molecule has 0 bridgehead atoms. The number of hydrogen-bond donors (Lipinski definition) is 0. The molecule has 0 aliphatic carbocycles. The fraction of sp³-hybridized carbons (Fsp3) is 0.545. The Morgan fingerprint density at radius 3 is 2.72 bits per heavy atom. The van der Waals surface area contributed by atoms with Crippen LogP contribution in [0.2, 0.25) is 0 Å². The maximum absolute atomic E-state index is 11.7. The van der Waals surface area contributed by atoms with Crippen LogP contribution >= 0.6 is 15.9 Å². The Kier molecular flexibility index (Phi) is 6.04. The highest BCUT2D eigenvalue weighted by molar-refractivity contribution is 9.09. The third kappa shape index (κ3) is 4.22. The molecule has 0 N–H and O–H groups in total. The van der Waals surface area contributed by atoms with Crippen molar-refractivity contribution in [3.63, 3.8) is 0 Å². The fourth-order valence-corrected chi connectivity index (χ4v) is 2.80. The minimum absolute atomic E-state index is 0.252. The lowest BCUT2D eigenvalue weighted by molar-refractivity contribution is 0.205. The number of alkyl halides is 1. The van der Waals surface area contributed by atoms with Gasteiger partial charge in [0.1, 0.15) is 10.7 Å². The largest absolute Gasteiger partial charge is 0.383 e. The zero-order valence-corrected chi connectivity index (χ0v) is 12.9. The molecule has 7 heteroatoms. The van der Waals surface area contributed by atoms with Crippen LogP contribution in [0.3, 0.4) is 0 Å². The first kappa shape index (κ1) is 15.4. The van der Waals surface area contributed by atoms with Crippen molar-refractivity contribution in [2.45, 2.75) is 4.90 Å². The van der Waals surface area contributed by atoms with E-state index in [0.29, 0.717) is 25.5 Å². The SMILES string of the molecule is COCCN(CCBr)c1ncccc1S(C)(=O)=O. The van der Waals surface area contributed by atoms with E-state index in [2.05, 4.69) is 20.9 Å². The summed E-state index contributed by atoms with van der Waals surface area (Å²) in [4.78, 5) is 6.34. The average molecular weight is 337 g/mol. The molecule has 0 aliphatic rings. The van der Waals surface area contributed by atoms with Crippen LogP contribution in [0, 0.1) is 0 Å². The van der Waals surface area contributed by atoms with Crippen molar-refractivity contribution in [1.82, 2.24) is 4.98 Å². The van der Waals surface area contributed by atoms with Gasteiger partial charge in [-0.3, -0.25) is 0 Å². The average Bonchev–Trinajstić information content (AvgIpc) is 2.33. The molecule has 0 aromatic carbocycles. The number of methoxy groups -OCH3 is 1. The zero-order valence-electron chi connectivity index (χ0n) is 10.5. The zero-order chi connectivity index (χ0) is 13.6. The van der Waals surface area contributed by atoms with Crippen molar-refractivity contribution in [2.24, 2.45) is 0 Å². The van der Waals surface area contributed by atoms with Crippen molar-refractivity contribution < 1.29 is 13.2 Å². The lowest BCUT2D eigenvalue weighted by atomic mass is 10.4. The fourth-order valence-electron chi connectivity index (χ4n) is 1.54. The number of rotatable bonds is 7. The molecule has 0 unspecified atom stereocenters. The van der Waals surface area contributed by atoms with Gasteiger partial charge in [0.25, 0.3) is 0 Å².